The van der Waals surface area contributed by atoms with Gasteiger partial charge < -0.3 is 5.32 Å². The Balaban J connectivity index is 2.18. The number of halogens is 10. The zero-order valence-electron chi connectivity index (χ0n) is 16.5. The van der Waals surface area contributed by atoms with Gasteiger partial charge in [0.15, 0.2) is 0 Å². The minimum atomic E-state index is -6.56. The fourth-order valence-electron chi connectivity index (χ4n) is 2.31. The van der Waals surface area contributed by atoms with Crippen molar-refractivity contribution in [3.63, 3.8) is 0 Å². The number of thioether (sulfide) groups is 2. The Morgan fingerprint density at radius 3 is 2.06 bits per heavy atom. The fraction of sp³-hybridized carbons (Fsp3) is 0.278. The zero-order valence-corrected chi connectivity index (χ0v) is 18.1. The van der Waals surface area contributed by atoms with E-state index in [0.717, 1.165) is 30.3 Å². The van der Waals surface area contributed by atoms with E-state index in [4.69, 9.17) is 0 Å². The summed E-state index contributed by atoms with van der Waals surface area (Å²) in [5, 5.41) is 7.41. The van der Waals surface area contributed by atoms with Gasteiger partial charge in [0.25, 0.3) is 5.69 Å². The van der Waals surface area contributed by atoms with Gasteiger partial charge in [0.2, 0.25) is 5.91 Å². The van der Waals surface area contributed by atoms with E-state index in [9.17, 15) is 58.8 Å². The molecule has 0 saturated carbocycles. The maximum Gasteiger partial charge on any atom is 0.460 e. The van der Waals surface area contributed by atoms with Crippen LogP contribution in [-0.2, 0) is 11.0 Å². The van der Waals surface area contributed by atoms with E-state index < -0.39 is 73.7 Å². The first kappa shape index (κ1) is 28.5. The number of hydrogen-bond acceptors (Lipinski definition) is 5. The van der Waals surface area contributed by atoms with Gasteiger partial charge in [0.1, 0.15) is 0 Å². The highest BCUT2D eigenvalue weighted by molar-refractivity contribution is 8.00. The molecule has 0 fully saturated rings. The van der Waals surface area contributed by atoms with E-state index in [-0.39, 0.29) is 11.0 Å². The Morgan fingerprint density at radius 2 is 1.51 bits per heavy atom. The molecule has 0 aliphatic rings. The number of nitrogens with one attached hydrogen (secondary N) is 1. The molecule has 5 nitrogen and oxygen atoms in total. The maximum atomic E-state index is 13.7. The van der Waals surface area contributed by atoms with Gasteiger partial charge in [-0.3, -0.25) is 14.9 Å². The van der Waals surface area contributed by atoms with Crippen molar-refractivity contribution in [3.05, 3.63) is 58.1 Å². The van der Waals surface area contributed by atoms with Gasteiger partial charge in [0.05, 0.1) is 26.8 Å². The van der Waals surface area contributed by atoms with Crippen LogP contribution in [0, 0.1) is 10.1 Å². The van der Waals surface area contributed by atoms with Crippen molar-refractivity contribution < 1.29 is 53.6 Å². The van der Waals surface area contributed by atoms with E-state index in [2.05, 4.69) is 0 Å². The topological polar surface area (TPSA) is 72.2 Å². The van der Waals surface area contributed by atoms with Crippen molar-refractivity contribution in [1.29, 1.82) is 0 Å². The minimum Gasteiger partial charge on any atom is -0.324 e. The molecule has 17 heteroatoms. The molecule has 2 aromatic rings. The average molecular weight is 556 g/mol. The summed E-state index contributed by atoms with van der Waals surface area (Å²) in [7, 11) is 0. The number of nitro benzene ring substituents is 1. The number of benzene rings is 2. The normalized spacial score (nSPS) is 13.0. The highest BCUT2D eigenvalue weighted by atomic mass is 32.2. The Kier molecular flexibility index (Phi) is 8.26. The third kappa shape index (κ3) is 6.71. The number of amides is 1. The standard InChI is InChI=1S/C18H10F10N2O3S2/c19-15(20,21)9-5-6-13(11(7-9)30(32)33)34-8-14(31)29-10-3-1-2-4-12(10)35-18(27,28)16(22,23)17(24,25)26/h1-7H,8H2,(H,29,31). The number of anilines is 1. The summed E-state index contributed by atoms with van der Waals surface area (Å²) in [5.41, 5.74) is -2.86. The summed E-state index contributed by atoms with van der Waals surface area (Å²) < 4.78 is 129. The van der Waals surface area contributed by atoms with Crippen molar-refractivity contribution in [3.8, 4) is 0 Å². The van der Waals surface area contributed by atoms with Gasteiger partial charge >= 0.3 is 23.5 Å². The quantitative estimate of drug-likeness (QED) is 0.161. The van der Waals surface area contributed by atoms with Crippen molar-refractivity contribution in [2.24, 2.45) is 0 Å². The summed E-state index contributed by atoms with van der Waals surface area (Å²) in [4.78, 5) is 20.9. The number of nitro groups is 1. The second kappa shape index (κ2) is 10.1. The predicted molar refractivity (Wildman–Crippen MR) is 106 cm³/mol. The zero-order chi connectivity index (χ0) is 26.8. The Labute approximate surface area is 197 Å². The lowest BCUT2D eigenvalue weighted by Crippen LogP contribution is -2.49. The number of hydrogen-bond donors (Lipinski definition) is 1. The molecule has 1 amide bonds. The molecule has 0 aliphatic heterocycles. The third-order valence-corrected chi connectivity index (χ3v) is 6.11. The minimum absolute atomic E-state index is 0.245. The fourth-order valence-corrected chi connectivity index (χ4v) is 4.01. The first-order chi connectivity index (χ1) is 15.9. The molecule has 0 bridgehead atoms. The van der Waals surface area contributed by atoms with Crippen LogP contribution in [0.1, 0.15) is 5.56 Å². The number of para-hydroxylation sites is 1. The predicted octanol–water partition coefficient (Wildman–Crippen LogP) is 7.23. The molecular formula is C18H10F10N2O3S2. The molecule has 0 spiro atoms. The lowest BCUT2D eigenvalue weighted by Gasteiger charge is -2.28. The summed E-state index contributed by atoms with van der Waals surface area (Å²) >= 11 is -0.744. The first-order valence-electron chi connectivity index (χ1n) is 8.75. The Hall–Kier alpha value is -2.69. The van der Waals surface area contributed by atoms with Gasteiger partial charge in [-0.2, -0.15) is 43.9 Å². The molecular weight excluding hydrogens is 546 g/mol. The summed E-state index contributed by atoms with van der Waals surface area (Å²) in [6.45, 7) is 0. The SMILES string of the molecule is O=C(CSc1ccc(C(F)(F)F)cc1[N+](=O)[O-])Nc1ccccc1SC(F)(F)C(F)(F)C(F)(F)F. The van der Waals surface area contributed by atoms with E-state index in [1.54, 1.807) is 0 Å². The van der Waals surface area contributed by atoms with Crippen molar-refractivity contribution >= 4 is 40.8 Å². The van der Waals surface area contributed by atoms with Crippen molar-refractivity contribution in [1.82, 2.24) is 0 Å². The van der Waals surface area contributed by atoms with Gasteiger partial charge in [0, 0.05) is 11.0 Å². The second-order valence-corrected chi connectivity index (χ2v) is 8.64. The van der Waals surface area contributed by atoms with E-state index in [0.29, 0.717) is 17.8 Å². The number of carbonyl (C=O) groups excluding carboxylic acids is 1. The number of carbonyl (C=O) groups is 1. The van der Waals surface area contributed by atoms with Crippen LogP contribution < -0.4 is 5.32 Å². The summed E-state index contributed by atoms with van der Waals surface area (Å²) in [6.07, 6.45) is -11.4. The van der Waals surface area contributed by atoms with Crippen LogP contribution in [0.5, 0.6) is 0 Å². The maximum absolute atomic E-state index is 13.7. The molecule has 0 saturated heterocycles. The lowest BCUT2D eigenvalue weighted by molar-refractivity contribution is -0.388. The first-order valence-corrected chi connectivity index (χ1v) is 10.6. The van der Waals surface area contributed by atoms with Crippen LogP contribution in [0.3, 0.4) is 0 Å². The molecule has 35 heavy (non-hydrogen) atoms. The van der Waals surface area contributed by atoms with Crippen LogP contribution >= 0.6 is 23.5 Å². The number of nitrogens with zero attached hydrogens (tertiary/aromatic N) is 1. The molecule has 192 valence electrons. The smallest absolute Gasteiger partial charge is 0.324 e. The van der Waals surface area contributed by atoms with Gasteiger partial charge in [-0.15, -0.1) is 11.8 Å². The van der Waals surface area contributed by atoms with Crippen LogP contribution in [0.4, 0.5) is 55.3 Å². The molecule has 0 aromatic heterocycles. The van der Waals surface area contributed by atoms with Crippen molar-refractivity contribution in [2.75, 3.05) is 11.1 Å². The number of alkyl halides is 10. The van der Waals surface area contributed by atoms with E-state index in [1.807, 2.05) is 5.32 Å². The van der Waals surface area contributed by atoms with Gasteiger partial charge in [-0.1, -0.05) is 12.1 Å². The molecule has 0 unspecified atom stereocenters. The van der Waals surface area contributed by atoms with E-state index >= 15 is 0 Å². The third-order valence-electron chi connectivity index (χ3n) is 3.96. The molecule has 1 N–H and O–H groups in total. The van der Waals surface area contributed by atoms with Crippen LogP contribution in [0.2, 0.25) is 0 Å². The van der Waals surface area contributed by atoms with Crippen LogP contribution in [0.25, 0.3) is 0 Å². The molecule has 0 aliphatic carbocycles. The number of rotatable bonds is 8. The molecule has 0 heterocycles. The summed E-state index contributed by atoms with van der Waals surface area (Å²) in [6, 6.07) is 5.36. The largest absolute Gasteiger partial charge is 0.460 e. The van der Waals surface area contributed by atoms with Gasteiger partial charge in [-0.05, 0) is 36.0 Å². The highest BCUT2D eigenvalue weighted by Gasteiger charge is 2.73. The monoisotopic (exact) mass is 556 g/mol. The van der Waals surface area contributed by atoms with Crippen LogP contribution in [0.15, 0.2) is 52.3 Å². The van der Waals surface area contributed by atoms with Crippen molar-refractivity contribution in [2.45, 2.75) is 33.3 Å². The van der Waals surface area contributed by atoms with E-state index in [1.165, 1.54) is 0 Å². The van der Waals surface area contributed by atoms with Crippen LogP contribution in [-0.4, -0.2) is 33.9 Å². The lowest BCUT2D eigenvalue weighted by atomic mass is 10.2. The second-order valence-electron chi connectivity index (χ2n) is 6.46. The molecule has 2 rings (SSSR count). The molecule has 2 aromatic carbocycles. The average Bonchev–Trinajstić information content (AvgIpc) is 2.71. The Bertz CT molecular complexity index is 1110. The summed E-state index contributed by atoms with van der Waals surface area (Å²) in [5.74, 6) is -8.18. The Morgan fingerprint density at radius 1 is 0.914 bits per heavy atom. The van der Waals surface area contributed by atoms with Gasteiger partial charge in [-0.25, -0.2) is 0 Å². The molecule has 0 atom stereocenters. The highest BCUT2D eigenvalue weighted by Crippen LogP contribution is 2.54. The molecule has 0 radical (unpaired) electrons.